The molecule has 3 aromatic rings. The van der Waals surface area contributed by atoms with Gasteiger partial charge in [0, 0.05) is 0 Å². The van der Waals surface area contributed by atoms with Crippen LogP contribution in [0.1, 0.15) is 16.7 Å². The van der Waals surface area contributed by atoms with Crippen molar-refractivity contribution in [2.45, 2.75) is 20.8 Å². The van der Waals surface area contributed by atoms with Gasteiger partial charge in [-0.05, 0) is 55.7 Å². The second-order valence-corrected chi connectivity index (χ2v) is 7.93. The number of aromatic hydroxyl groups is 3. The molecule has 8 heteroatoms. The predicted octanol–water partition coefficient (Wildman–Crippen LogP) is 5.37. The van der Waals surface area contributed by atoms with Gasteiger partial charge in [0.2, 0.25) is 0 Å². The van der Waals surface area contributed by atoms with Gasteiger partial charge < -0.3 is 28.9 Å². The lowest BCUT2D eigenvalue weighted by atomic mass is 10.2. The fourth-order valence-electron chi connectivity index (χ4n) is 2.66. The summed E-state index contributed by atoms with van der Waals surface area (Å²) in [6.07, 6.45) is 0. The van der Waals surface area contributed by atoms with Crippen LogP contribution in [0.5, 0.6) is 34.5 Å². The monoisotopic (exact) mass is 416 g/mol. The van der Waals surface area contributed by atoms with Crippen LogP contribution in [0.2, 0.25) is 0 Å². The fraction of sp³-hybridized carbons (Fsp3) is 0.143. The van der Waals surface area contributed by atoms with Crippen molar-refractivity contribution in [2.75, 3.05) is 0 Å². The zero-order valence-electron chi connectivity index (χ0n) is 16.1. The van der Waals surface area contributed by atoms with E-state index in [0.29, 0.717) is 16.7 Å². The standard InChI is InChI=1S/C21H21O7P/c1-13-7-4-10-16(22)19(13)26-29(25,27-20-14(2)8-5-11-17(20)23)28-21-15(3)9-6-12-18(21)24/h4-12,22-24H,1-3H3. The summed E-state index contributed by atoms with van der Waals surface area (Å²) >= 11 is 0. The van der Waals surface area contributed by atoms with E-state index in [0.717, 1.165) is 0 Å². The van der Waals surface area contributed by atoms with Gasteiger partial charge in [-0.1, -0.05) is 36.4 Å². The van der Waals surface area contributed by atoms with E-state index in [1.54, 1.807) is 57.2 Å². The van der Waals surface area contributed by atoms with E-state index in [1.165, 1.54) is 18.2 Å². The van der Waals surface area contributed by atoms with Crippen molar-refractivity contribution >= 4 is 7.82 Å². The summed E-state index contributed by atoms with van der Waals surface area (Å²) in [4.78, 5) is 0. The molecule has 0 radical (unpaired) electrons. The van der Waals surface area contributed by atoms with Crippen LogP contribution in [0, 0.1) is 20.8 Å². The molecule has 0 saturated carbocycles. The topological polar surface area (TPSA) is 105 Å². The van der Waals surface area contributed by atoms with Gasteiger partial charge in [-0.2, -0.15) is 4.57 Å². The van der Waals surface area contributed by atoms with Crippen LogP contribution in [0.15, 0.2) is 54.6 Å². The van der Waals surface area contributed by atoms with Gasteiger partial charge in [0.1, 0.15) is 0 Å². The smallest absolute Gasteiger partial charge is 0.504 e. The Morgan fingerprint density at radius 2 is 0.862 bits per heavy atom. The van der Waals surface area contributed by atoms with E-state index in [4.69, 9.17) is 13.6 Å². The highest BCUT2D eigenvalue weighted by Crippen LogP contribution is 2.55. The highest BCUT2D eigenvalue weighted by molar-refractivity contribution is 7.49. The minimum atomic E-state index is -4.53. The van der Waals surface area contributed by atoms with Crippen LogP contribution in [0.4, 0.5) is 0 Å². The number of phosphoric acid groups is 1. The van der Waals surface area contributed by atoms with Gasteiger partial charge in [-0.25, -0.2) is 0 Å². The number of phosphoric ester groups is 1. The number of hydrogen-bond donors (Lipinski definition) is 3. The van der Waals surface area contributed by atoms with E-state index < -0.39 is 7.82 Å². The van der Waals surface area contributed by atoms with Gasteiger partial charge in [-0.3, -0.25) is 0 Å². The quantitative estimate of drug-likeness (QED) is 0.464. The summed E-state index contributed by atoms with van der Waals surface area (Å²) in [7, 11) is -4.53. The lowest BCUT2D eigenvalue weighted by Crippen LogP contribution is -2.10. The molecule has 0 amide bonds. The Balaban J connectivity index is 2.09. The molecule has 0 bridgehead atoms. The highest BCUT2D eigenvalue weighted by atomic mass is 31.2. The van der Waals surface area contributed by atoms with Crippen molar-refractivity contribution in [3.63, 3.8) is 0 Å². The van der Waals surface area contributed by atoms with Gasteiger partial charge >= 0.3 is 7.82 Å². The van der Waals surface area contributed by atoms with Crippen molar-refractivity contribution in [3.8, 4) is 34.5 Å². The Kier molecular flexibility index (Phi) is 5.62. The molecule has 7 nitrogen and oxygen atoms in total. The van der Waals surface area contributed by atoms with Gasteiger partial charge in [0.15, 0.2) is 34.5 Å². The summed E-state index contributed by atoms with van der Waals surface area (Å²) in [5, 5.41) is 30.4. The Morgan fingerprint density at radius 3 is 1.10 bits per heavy atom. The second-order valence-electron chi connectivity index (χ2n) is 6.49. The summed E-state index contributed by atoms with van der Waals surface area (Å²) in [6.45, 7) is 4.95. The van der Waals surface area contributed by atoms with Crippen LogP contribution in [0.25, 0.3) is 0 Å². The highest BCUT2D eigenvalue weighted by Gasteiger charge is 2.37. The zero-order valence-corrected chi connectivity index (χ0v) is 17.0. The number of rotatable bonds is 6. The molecule has 0 unspecified atom stereocenters. The molecule has 0 heterocycles. The Hall–Kier alpha value is -3.31. The van der Waals surface area contributed by atoms with E-state index in [9.17, 15) is 19.9 Å². The molecular formula is C21H21O7P. The molecule has 152 valence electrons. The average molecular weight is 416 g/mol. The normalized spacial score (nSPS) is 11.1. The minimum Gasteiger partial charge on any atom is -0.504 e. The zero-order chi connectivity index (χ0) is 21.2. The van der Waals surface area contributed by atoms with Gasteiger partial charge in [-0.15, -0.1) is 0 Å². The second kappa shape index (κ2) is 7.97. The molecular weight excluding hydrogens is 395 g/mol. The fourth-order valence-corrected chi connectivity index (χ4v) is 4.15. The molecule has 0 aliphatic carbocycles. The van der Waals surface area contributed by atoms with Crippen LogP contribution in [0.3, 0.4) is 0 Å². The minimum absolute atomic E-state index is 0.100. The number of phenolic OH excluding ortho intramolecular Hbond substituents is 3. The Morgan fingerprint density at radius 1 is 0.586 bits per heavy atom. The summed E-state index contributed by atoms with van der Waals surface area (Å²) in [5.41, 5.74) is 1.46. The molecule has 3 rings (SSSR count). The summed E-state index contributed by atoms with van der Waals surface area (Å²) in [5.74, 6) is -1.09. The molecule has 3 aromatic carbocycles. The average Bonchev–Trinajstić information content (AvgIpc) is 2.65. The lowest BCUT2D eigenvalue weighted by molar-refractivity contribution is 0.280. The summed E-state index contributed by atoms with van der Waals surface area (Å²) in [6, 6.07) is 13.8. The first-order chi connectivity index (χ1) is 13.7. The first-order valence-electron chi connectivity index (χ1n) is 8.75. The van der Waals surface area contributed by atoms with Crippen LogP contribution in [-0.4, -0.2) is 15.3 Å². The number of benzene rings is 3. The number of hydrogen-bond acceptors (Lipinski definition) is 7. The number of aryl methyl sites for hydroxylation is 3. The van der Waals surface area contributed by atoms with Crippen LogP contribution < -0.4 is 13.6 Å². The van der Waals surface area contributed by atoms with Gasteiger partial charge in [0.25, 0.3) is 0 Å². The first-order valence-corrected chi connectivity index (χ1v) is 10.2. The Labute approximate surface area is 168 Å². The molecule has 0 aliphatic rings. The van der Waals surface area contributed by atoms with Crippen molar-refractivity contribution in [1.82, 2.24) is 0 Å². The van der Waals surface area contributed by atoms with Crippen LogP contribution >= 0.6 is 7.82 Å². The van der Waals surface area contributed by atoms with Crippen LogP contribution in [-0.2, 0) is 4.57 Å². The van der Waals surface area contributed by atoms with Crippen molar-refractivity contribution in [1.29, 1.82) is 0 Å². The first kappa shape index (κ1) is 20.4. The molecule has 0 saturated heterocycles. The maximum atomic E-state index is 13.6. The number of phenols is 3. The van der Waals surface area contributed by atoms with Gasteiger partial charge in [0.05, 0.1) is 0 Å². The molecule has 29 heavy (non-hydrogen) atoms. The largest absolute Gasteiger partial charge is 0.647 e. The third-order valence-electron chi connectivity index (χ3n) is 4.18. The van der Waals surface area contributed by atoms with E-state index in [1.807, 2.05) is 0 Å². The molecule has 0 atom stereocenters. The van der Waals surface area contributed by atoms with Crippen molar-refractivity contribution in [3.05, 3.63) is 71.3 Å². The maximum absolute atomic E-state index is 13.6. The van der Waals surface area contributed by atoms with Crippen molar-refractivity contribution < 1.29 is 33.5 Å². The third-order valence-corrected chi connectivity index (χ3v) is 5.40. The van der Waals surface area contributed by atoms with E-state index >= 15 is 0 Å². The third kappa shape index (κ3) is 4.41. The van der Waals surface area contributed by atoms with E-state index in [2.05, 4.69) is 0 Å². The Bertz CT molecular complexity index is 897. The SMILES string of the molecule is Cc1cccc(O)c1OP(=O)(Oc1c(C)cccc1O)Oc1c(C)cccc1O. The molecule has 0 spiro atoms. The molecule has 0 fully saturated rings. The van der Waals surface area contributed by atoms with Crippen molar-refractivity contribution in [2.24, 2.45) is 0 Å². The molecule has 0 aromatic heterocycles. The molecule has 3 N–H and O–H groups in total. The maximum Gasteiger partial charge on any atom is 0.647 e. The van der Waals surface area contributed by atoms with E-state index in [-0.39, 0.29) is 34.5 Å². The summed E-state index contributed by atoms with van der Waals surface area (Å²) < 4.78 is 30.2. The predicted molar refractivity (Wildman–Crippen MR) is 108 cm³/mol. The lowest BCUT2D eigenvalue weighted by Gasteiger charge is -2.22. The number of para-hydroxylation sites is 3. The molecule has 0 aliphatic heterocycles.